The number of hydrogen-bond acceptors (Lipinski definition) is 10. The first-order chi connectivity index (χ1) is 14.9. The fourth-order valence-corrected chi connectivity index (χ4v) is 4.56. The Balaban J connectivity index is 1.78. The van der Waals surface area contributed by atoms with Crippen molar-refractivity contribution in [3.05, 3.63) is 20.8 Å². The highest BCUT2D eigenvalue weighted by atomic mass is 32.2. The quantitative estimate of drug-likeness (QED) is 0.389. The molecule has 2 aromatic heterocycles. The highest BCUT2D eigenvalue weighted by molar-refractivity contribution is 8.01. The van der Waals surface area contributed by atoms with Crippen molar-refractivity contribution in [3.8, 4) is 0 Å². The summed E-state index contributed by atoms with van der Waals surface area (Å²) >= 11 is 2.62. The van der Waals surface area contributed by atoms with Crippen LogP contribution in [0.15, 0.2) is 13.9 Å². The number of aromatic amines is 1. The van der Waals surface area contributed by atoms with Crippen LogP contribution >= 0.6 is 23.1 Å². The molecule has 1 fully saturated rings. The molecule has 0 aromatic carbocycles. The van der Waals surface area contributed by atoms with Crippen molar-refractivity contribution >= 4 is 45.6 Å². The van der Waals surface area contributed by atoms with Gasteiger partial charge in [0.05, 0.1) is 12.4 Å². The Morgan fingerprint density at radius 1 is 1.42 bits per heavy atom. The lowest BCUT2D eigenvalue weighted by atomic mass is 10.3. The molecule has 170 valence electrons. The molecule has 1 saturated carbocycles. The first kappa shape index (κ1) is 23.3. The van der Waals surface area contributed by atoms with Crippen LogP contribution in [0, 0.1) is 0 Å². The lowest BCUT2D eigenvalue weighted by molar-refractivity contribution is -0.116. The van der Waals surface area contributed by atoms with E-state index in [0.717, 1.165) is 24.4 Å². The number of amides is 1. The van der Waals surface area contributed by atoms with Gasteiger partial charge in [-0.15, -0.1) is 10.2 Å². The first-order valence-electron chi connectivity index (χ1n) is 10.1. The van der Waals surface area contributed by atoms with E-state index in [1.54, 1.807) is 0 Å². The van der Waals surface area contributed by atoms with Gasteiger partial charge < -0.3 is 20.7 Å². The van der Waals surface area contributed by atoms with Crippen LogP contribution in [0.2, 0.25) is 0 Å². The maximum Gasteiger partial charge on any atom is 0.330 e. The Labute approximate surface area is 187 Å². The smallest absolute Gasteiger partial charge is 0.330 e. The van der Waals surface area contributed by atoms with Gasteiger partial charge in [-0.1, -0.05) is 36.4 Å². The molecule has 2 heterocycles. The summed E-state index contributed by atoms with van der Waals surface area (Å²) < 4.78 is 7.04. The number of nitrogens with two attached hydrogens (primary N) is 1. The number of unbranched alkanes of at least 4 members (excludes halogenated alkanes) is 1. The molecule has 4 N–H and O–H groups in total. The van der Waals surface area contributed by atoms with Gasteiger partial charge in [0, 0.05) is 26.2 Å². The van der Waals surface area contributed by atoms with Gasteiger partial charge in [-0.05, 0) is 19.3 Å². The van der Waals surface area contributed by atoms with E-state index in [1.807, 2.05) is 6.92 Å². The predicted octanol–water partition coefficient (Wildman–Crippen LogP) is 1.12. The number of thioether (sulfide) groups is 1. The number of carbonyl (C=O) groups is 1. The van der Waals surface area contributed by atoms with Gasteiger partial charge in [-0.2, -0.15) is 0 Å². The van der Waals surface area contributed by atoms with E-state index in [4.69, 9.17) is 10.5 Å². The lowest BCUT2D eigenvalue weighted by Crippen LogP contribution is -2.43. The number of hydrogen-bond donors (Lipinski definition) is 3. The standard InChI is InChI=1S/C18H27N7O4S2/c1-3-4-7-25-14(19)13(15(27)21-17(25)28)24(8-9-29-2)12(26)10-30-18-23-22-16(31-18)20-11-5-6-11/h11H,3-10,19H2,1-2H3,(H,20,22)(H,21,27,28). The van der Waals surface area contributed by atoms with E-state index in [0.29, 0.717) is 23.3 Å². The third kappa shape index (κ3) is 6.08. The Bertz CT molecular complexity index is 1020. The average molecular weight is 470 g/mol. The highest BCUT2D eigenvalue weighted by Crippen LogP contribution is 2.30. The number of aromatic nitrogens is 4. The van der Waals surface area contributed by atoms with Gasteiger partial charge in [0.2, 0.25) is 11.0 Å². The van der Waals surface area contributed by atoms with Gasteiger partial charge in [0.1, 0.15) is 5.82 Å². The third-order valence-corrected chi connectivity index (χ3v) is 6.64. The molecule has 1 aliphatic carbocycles. The SMILES string of the molecule is CCCCn1c(N)c(N(CCOC)C(=O)CSc2nnc(NC3CC3)s2)c(=O)[nH]c1=O. The Morgan fingerprint density at radius 3 is 2.87 bits per heavy atom. The first-order valence-corrected chi connectivity index (χ1v) is 11.9. The van der Waals surface area contributed by atoms with E-state index in [1.165, 1.54) is 39.7 Å². The number of ether oxygens (including phenoxy) is 1. The van der Waals surface area contributed by atoms with E-state index < -0.39 is 11.2 Å². The molecule has 0 bridgehead atoms. The predicted molar refractivity (Wildman–Crippen MR) is 122 cm³/mol. The van der Waals surface area contributed by atoms with E-state index >= 15 is 0 Å². The molecule has 31 heavy (non-hydrogen) atoms. The summed E-state index contributed by atoms with van der Waals surface area (Å²) in [6, 6.07) is 0.468. The molecule has 0 saturated heterocycles. The summed E-state index contributed by atoms with van der Waals surface area (Å²) in [6.07, 6.45) is 3.82. The second-order valence-electron chi connectivity index (χ2n) is 7.12. The van der Waals surface area contributed by atoms with Crippen molar-refractivity contribution in [2.24, 2.45) is 0 Å². The third-order valence-electron chi connectivity index (χ3n) is 4.67. The van der Waals surface area contributed by atoms with Crippen molar-refractivity contribution in [3.63, 3.8) is 0 Å². The highest BCUT2D eigenvalue weighted by Gasteiger charge is 2.25. The van der Waals surface area contributed by atoms with Crippen LogP contribution in [0.25, 0.3) is 0 Å². The molecule has 0 aliphatic heterocycles. The van der Waals surface area contributed by atoms with Crippen molar-refractivity contribution in [1.82, 2.24) is 19.7 Å². The molecule has 2 aromatic rings. The summed E-state index contributed by atoms with van der Waals surface area (Å²) in [7, 11) is 1.50. The average Bonchev–Trinajstić information content (AvgIpc) is 3.44. The topological polar surface area (TPSA) is 148 Å². The number of nitrogens with zero attached hydrogens (tertiary/aromatic N) is 4. The van der Waals surface area contributed by atoms with Crippen LogP contribution in [0.1, 0.15) is 32.6 Å². The minimum atomic E-state index is -0.698. The fourth-order valence-electron chi connectivity index (χ4n) is 2.85. The largest absolute Gasteiger partial charge is 0.383 e. The van der Waals surface area contributed by atoms with Crippen molar-refractivity contribution < 1.29 is 9.53 Å². The van der Waals surface area contributed by atoms with Crippen LogP contribution in [0.4, 0.5) is 16.6 Å². The van der Waals surface area contributed by atoms with Crippen LogP contribution in [-0.4, -0.2) is 57.7 Å². The second kappa shape index (κ2) is 10.8. The van der Waals surface area contributed by atoms with E-state index in [9.17, 15) is 14.4 Å². The fraction of sp³-hybridized carbons (Fsp3) is 0.611. The van der Waals surface area contributed by atoms with Gasteiger partial charge in [-0.3, -0.25) is 19.1 Å². The monoisotopic (exact) mass is 469 g/mol. The molecular weight excluding hydrogens is 442 g/mol. The zero-order chi connectivity index (χ0) is 22.4. The zero-order valence-electron chi connectivity index (χ0n) is 17.5. The molecule has 3 rings (SSSR count). The molecule has 1 amide bonds. The molecule has 1 aliphatic rings. The molecule has 0 radical (unpaired) electrons. The molecule has 0 unspecified atom stereocenters. The van der Waals surface area contributed by atoms with Gasteiger partial charge >= 0.3 is 5.69 Å². The molecule has 0 atom stereocenters. The number of carbonyl (C=O) groups excluding carboxylic acids is 1. The van der Waals surface area contributed by atoms with Gasteiger partial charge in [-0.25, -0.2) is 4.79 Å². The number of nitrogens with one attached hydrogen (secondary N) is 2. The molecule has 13 heteroatoms. The summed E-state index contributed by atoms with van der Waals surface area (Å²) in [6.45, 7) is 2.67. The maximum atomic E-state index is 13.0. The summed E-state index contributed by atoms with van der Waals surface area (Å²) in [4.78, 5) is 41.3. The van der Waals surface area contributed by atoms with Crippen molar-refractivity contribution in [2.75, 3.05) is 42.0 Å². The van der Waals surface area contributed by atoms with Crippen molar-refractivity contribution in [1.29, 1.82) is 0 Å². The molecular formula is C18H27N7O4S2. The van der Waals surface area contributed by atoms with Gasteiger partial charge in [0.15, 0.2) is 10.0 Å². The number of rotatable bonds is 12. The Kier molecular flexibility index (Phi) is 8.09. The second-order valence-corrected chi connectivity index (χ2v) is 9.32. The van der Waals surface area contributed by atoms with E-state index in [-0.39, 0.29) is 36.3 Å². The number of methoxy groups -OCH3 is 1. The summed E-state index contributed by atoms with van der Waals surface area (Å²) in [5.41, 5.74) is 4.85. The lowest BCUT2D eigenvalue weighted by Gasteiger charge is -2.24. The Hall–Kier alpha value is -2.38. The van der Waals surface area contributed by atoms with Crippen LogP contribution < -0.4 is 27.2 Å². The van der Waals surface area contributed by atoms with Gasteiger partial charge in [0.25, 0.3) is 5.56 Å². The minimum absolute atomic E-state index is 0.0245. The van der Waals surface area contributed by atoms with Crippen LogP contribution in [-0.2, 0) is 16.1 Å². The van der Waals surface area contributed by atoms with Crippen LogP contribution in [0.5, 0.6) is 0 Å². The number of H-pyrrole nitrogens is 1. The van der Waals surface area contributed by atoms with Crippen LogP contribution in [0.3, 0.4) is 0 Å². The minimum Gasteiger partial charge on any atom is -0.383 e. The summed E-state index contributed by atoms with van der Waals surface area (Å²) in [5, 5.41) is 12.2. The maximum absolute atomic E-state index is 13.0. The summed E-state index contributed by atoms with van der Waals surface area (Å²) in [5.74, 6) is -0.329. The number of anilines is 3. The Morgan fingerprint density at radius 2 is 2.19 bits per heavy atom. The zero-order valence-corrected chi connectivity index (χ0v) is 19.2. The normalized spacial score (nSPS) is 13.4. The molecule has 0 spiro atoms. The number of nitrogen functional groups attached to an aromatic ring is 1. The molecule has 11 nitrogen and oxygen atoms in total. The van der Waals surface area contributed by atoms with E-state index in [2.05, 4.69) is 20.5 Å². The van der Waals surface area contributed by atoms with Crippen molar-refractivity contribution in [2.45, 2.75) is 49.5 Å².